The minimum Gasteiger partial charge on any atom is -0.313 e. The Morgan fingerprint density at radius 2 is 1.88 bits per heavy atom. The van der Waals surface area contributed by atoms with Gasteiger partial charge < -0.3 is 5.32 Å². The zero-order valence-electron chi connectivity index (χ0n) is 8.69. The monoisotopic (exact) mass is 247 g/mol. The van der Waals surface area contributed by atoms with E-state index < -0.39 is 10.1 Å². The summed E-state index contributed by atoms with van der Waals surface area (Å²) in [5.41, 5.74) is 0.924. The van der Waals surface area contributed by atoms with Crippen LogP contribution in [0.25, 0.3) is 0 Å². The summed E-state index contributed by atoms with van der Waals surface area (Å²) < 4.78 is 41.8. The van der Waals surface area contributed by atoms with E-state index in [-0.39, 0.29) is 11.6 Å². The Kier molecular flexibility index (Phi) is 4.85. The molecule has 0 aliphatic heterocycles. The van der Waals surface area contributed by atoms with Crippen LogP contribution in [-0.2, 0) is 16.7 Å². The molecule has 0 fully saturated rings. The molecule has 6 heteroatoms. The van der Waals surface area contributed by atoms with Crippen LogP contribution in [0.3, 0.4) is 0 Å². The van der Waals surface area contributed by atoms with Crippen molar-refractivity contribution >= 4 is 10.1 Å². The minimum atomic E-state index is -3.86. The molecule has 4 nitrogen and oxygen atoms in total. The molecule has 0 aliphatic carbocycles. The third-order valence-corrected chi connectivity index (χ3v) is 2.80. The van der Waals surface area contributed by atoms with Crippen molar-refractivity contribution in [3.05, 3.63) is 35.6 Å². The third kappa shape index (κ3) is 5.79. The second kappa shape index (κ2) is 5.93. The first-order valence-corrected chi connectivity index (χ1v) is 6.48. The molecule has 1 rings (SSSR count). The predicted octanol–water partition coefficient (Wildman–Crippen LogP) is 1.19. The van der Waals surface area contributed by atoms with Crippen LogP contribution in [0.4, 0.5) is 4.39 Å². The largest absolute Gasteiger partial charge is 0.313 e. The lowest BCUT2D eigenvalue weighted by Gasteiger charge is -2.03. The van der Waals surface area contributed by atoms with Gasteiger partial charge in [-0.05, 0) is 30.7 Å². The average Bonchev–Trinajstić information content (AvgIpc) is 2.19. The third-order valence-electron chi connectivity index (χ3n) is 2.00. The van der Waals surface area contributed by atoms with Crippen LogP contribution < -0.4 is 5.32 Å². The molecule has 0 heterocycles. The Labute approximate surface area is 94.2 Å². The van der Waals surface area contributed by atoms with E-state index in [1.54, 1.807) is 12.1 Å². The lowest BCUT2D eigenvalue weighted by atomic mass is 10.2. The summed E-state index contributed by atoms with van der Waals surface area (Å²) in [6, 6.07) is 6.06. The van der Waals surface area contributed by atoms with E-state index in [1.165, 1.54) is 12.1 Å². The summed E-state index contributed by atoms with van der Waals surface area (Å²) in [6.45, 7) is 1.03. The fraction of sp³-hybridized carbons (Fsp3) is 0.400. The van der Waals surface area contributed by atoms with Crippen LogP contribution in [0, 0.1) is 5.82 Å². The summed E-state index contributed by atoms with van der Waals surface area (Å²) in [7, 11) is -3.86. The van der Waals surface area contributed by atoms with Crippen molar-refractivity contribution < 1.29 is 17.4 Å². The molecule has 0 spiro atoms. The first-order valence-electron chi connectivity index (χ1n) is 4.88. The van der Waals surface area contributed by atoms with Crippen molar-refractivity contribution in [1.82, 2.24) is 5.32 Å². The van der Waals surface area contributed by atoms with Gasteiger partial charge in [-0.25, -0.2) is 4.39 Å². The van der Waals surface area contributed by atoms with E-state index in [9.17, 15) is 12.8 Å². The fourth-order valence-electron chi connectivity index (χ4n) is 1.21. The first-order chi connectivity index (χ1) is 7.47. The molecular formula is C10H14FNO3S. The number of hydrogen-bond donors (Lipinski definition) is 2. The highest BCUT2D eigenvalue weighted by Gasteiger charge is 2.02. The Morgan fingerprint density at radius 1 is 1.25 bits per heavy atom. The van der Waals surface area contributed by atoms with Crippen molar-refractivity contribution in [3.63, 3.8) is 0 Å². The highest BCUT2D eigenvalue weighted by Crippen LogP contribution is 2.01. The standard InChI is InChI=1S/C10H14FNO3S/c11-10-4-2-9(3-5-10)8-12-6-1-7-16(13,14)15/h2-5,12H,1,6-8H2,(H,13,14,15). The van der Waals surface area contributed by atoms with Crippen molar-refractivity contribution in [2.75, 3.05) is 12.3 Å². The summed E-state index contributed by atoms with van der Waals surface area (Å²) >= 11 is 0. The summed E-state index contributed by atoms with van der Waals surface area (Å²) in [5, 5.41) is 3.00. The van der Waals surface area contributed by atoms with E-state index in [4.69, 9.17) is 4.55 Å². The van der Waals surface area contributed by atoms with Crippen LogP contribution in [0.2, 0.25) is 0 Å². The van der Waals surface area contributed by atoms with Gasteiger partial charge in [0.2, 0.25) is 0 Å². The molecule has 0 saturated carbocycles. The molecule has 0 bridgehead atoms. The highest BCUT2D eigenvalue weighted by molar-refractivity contribution is 7.85. The van der Waals surface area contributed by atoms with Crippen molar-refractivity contribution in [2.45, 2.75) is 13.0 Å². The van der Waals surface area contributed by atoms with Crippen LogP contribution in [0.5, 0.6) is 0 Å². The van der Waals surface area contributed by atoms with Gasteiger partial charge in [-0.15, -0.1) is 0 Å². The van der Waals surface area contributed by atoms with Crippen molar-refractivity contribution in [1.29, 1.82) is 0 Å². The molecule has 0 saturated heterocycles. The van der Waals surface area contributed by atoms with Crippen LogP contribution in [0.1, 0.15) is 12.0 Å². The van der Waals surface area contributed by atoms with Crippen LogP contribution in [-0.4, -0.2) is 25.3 Å². The molecule has 0 radical (unpaired) electrons. The maximum Gasteiger partial charge on any atom is 0.264 e. The Bertz CT molecular complexity index is 416. The van der Waals surface area contributed by atoms with E-state index in [1.807, 2.05) is 0 Å². The van der Waals surface area contributed by atoms with E-state index in [0.29, 0.717) is 19.5 Å². The molecule has 2 N–H and O–H groups in total. The SMILES string of the molecule is O=S(=O)(O)CCCNCc1ccc(F)cc1. The quantitative estimate of drug-likeness (QED) is 0.585. The lowest BCUT2D eigenvalue weighted by Crippen LogP contribution is -2.17. The second-order valence-corrected chi connectivity index (χ2v) is 5.01. The van der Waals surface area contributed by atoms with Crippen LogP contribution >= 0.6 is 0 Å². The van der Waals surface area contributed by atoms with Gasteiger partial charge in [0.05, 0.1) is 5.75 Å². The maximum atomic E-state index is 12.5. The first kappa shape index (κ1) is 13.1. The zero-order valence-corrected chi connectivity index (χ0v) is 9.50. The van der Waals surface area contributed by atoms with Gasteiger partial charge in [0.25, 0.3) is 10.1 Å². The second-order valence-electron chi connectivity index (χ2n) is 3.44. The van der Waals surface area contributed by atoms with E-state index in [2.05, 4.69) is 5.32 Å². The summed E-state index contributed by atoms with van der Waals surface area (Å²) in [6.07, 6.45) is 0.347. The molecule has 0 atom stereocenters. The van der Waals surface area contributed by atoms with Gasteiger partial charge in [0.15, 0.2) is 0 Å². The van der Waals surface area contributed by atoms with E-state index >= 15 is 0 Å². The van der Waals surface area contributed by atoms with Gasteiger partial charge >= 0.3 is 0 Å². The number of halogens is 1. The Morgan fingerprint density at radius 3 is 2.44 bits per heavy atom. The van der Waals surface area contributed by atoms with E-state index in [0.717, 1.165) is 5.56 Å². The summed E-state index contributed by atoms with van der Waals surface area (Å²) in [4.78, 5) is 0. The molecule has 16 heavy (non-hydrogen) atoms. The summed E-state index contributed by atoms with van der Waals surface area (Å²) in [5.74, 6) is -0.529. The number of rotatable bonds is 6. The predicted molar refractivity (Wildman–Crippen MR) is 59.1 cm³/mol. The minimum absolute atomic E-state index is 0.247. The van der Waals surface area contributed by atoms with Gasteiger partial charge in [-0.3, -0.25) is 4.55 Å². The fourth-order valence-corrected chi connectivity index (χ4v) is 1.72. The molecule has 0 unspecified atom stereocenters. The topological polar surface area (TPSA) is 66.4 Å². The molecular weight excluding hydrogens is 233 g/mol. The average molecular weight is 247 g/mol. The normalized spacial score (nSPS) is 11.6. The number of benzene rings is 1. The highest BCUT2D eigenvalue weighted by atomic mass is 32.2. The molecule has 1 aromatic carbocycles. The molecule has 90 valence electrons. The van der Waals surface area contributed by atoms with Gasteiger partial charge in [-0.2, -0.15) is 8.42 Å². The van der Waals surface area contributed by atoms with Gasteiger partial charge in [-0.1, -0.05) is 12.1 Å². The molecule has 0 aromatic heterocycles. The zero-order chi connectivity index (χ0) is 12.0. The maximum absolute atomic E-state index is 12.5. The molecule has 0 aliphatic rings. The van der Waals surface area contributed by atoms with Gasteiger partial charge in [0.1, 0.15) is 5.82 Å². The Hall–Kier alpha value is -0.980. The smallest absolute Gasteiger partial charge is 0.264 e. The van der Waals surface area contributed by atoms with Crippen LogP contribution in [0.15, 0.2) is 24.3 Å². The van der Waals surface area contributed by atoms with Crippen molar-refractivity contribution in [2.24, 2.45) is 0 Å². The number of hydrogen-bond acceptors (Lipinski definition) is 3. The Balaban J connectivity index is 2.19. The lowest BCUT2D eigenvalue weighted by molar-refractivity contribution is 0.479. The molecule has 0 amide bonds. The van der Waals surface area contributed by atoms with Gasteiger partial charge in [0, 0.05) is 6.54 Å². The van der Waals surface area contributed by atoms with Crippen molar-refractivity contribution in [3.8, 4) is 0 Å². The number of nitrogens with one attached hydrogen (secondary N) is 1. The molecule has 1 aromatic rings.